The molecule has 1 aliphatic carbocycles. The molecule has 5 rings (SSSR count). The average molecular weight is 429 g/mol. The number of nitrogens with one attached hydrogen (secondary N) is 2. The van der Waals surface area contributed by atoms with Crippen LogP contribution in [0.4, 0.5) is 15.8 Å². The summed E-state index contributed by atoms with van der Waals surface area (Å²) in [6, 6.07) is 20.2. The molecule has 4 nitrogen and oxygen atoms in total. The second-order valence-electron chi connectivity index (χ2n) is 8.50. The van der Waals surface area contributed by atoms with Gasteiger partial charge in [-0.2, -0.15) is 0 Å². The molecule has 0 radical (unpaired) electrons. The fraction of sp³-hybridized carbons (Fsp3) is 0.222. The fourth-order valence-corrected chi connectivity index (χ4v) is 4.68. The lowest BCUT2D eigenvalue weighted by atomic mass is 9.78. The van der Waals surface area contributed by atoms with E-state index < -0.39 is 0 Å². The van der Waals surface area contributed by atoms with Gasteiger partial charge in [0, 0.05) is 17.7 Å². The van der Waals surface area contributed by atoms with Gasteiger partial charge >= 0.3 is 0 Å². The molecule has 32 heavy (non-hydrogen) atoms. The lowest BCUT2D eigenvalue weighted by molar-refractivity contribution is -0.116. The highest BCUT2D eigenvalue weighted by atomic mass is 19.1. The zero-order valence-corrected chi connectivity index (χ0v) is 18.1. The second kappa shape index (κ2) is 8.15. The molecule has 0 aromatic heterocycles. The maximum atomic E-state index is 13.6. The number of halogens is 1. The van der Waals surface area contributed by atoms with Crippen LogP contribution < -0.4 is 15.4 Å². The van der Waals surface area contributed by atoms with Gasteiger partial charge in [-0.25, -0.2) is 4.39 Å². The van der Waals surface area contributed by atoms with Crippen molar-refractivity contribution in [1.29, 1.82) is 0 Å². The van der Waals surface area contributed by atoms with Crippen LogP contribution in [0.5, 0.6) is 5.75 Å². The van der Waals surface area contributed by atoms with Crippen LogP contribution in [0.25, 0.3) is 0 Å². The molecule has 0 amide bonds. The molecule has 3 aromatic rings. The van der Waals surface area contributed by atoms with Gasteiger partial charge in [-0.15, -0.1) is 0 Å². The quantitative estimate of drug-likeness (QED) is 0.528. The minimum atomic E-state index is -0.342. The summed E-state index contributed by atoms with van der Waals surface area (Å²) in [6.07, 6.45) is 1.15. The molecule has 0 unspecified atom stereocenters. The van der Waals surface area contributed by atoms with Crippen molar-refractivity contribution in [1.82, 2.24) is 0 Å². The van der Waals surface area contributed by atoms with Gasteiger partial charge in [0.2, 0.25) is 0 Å². The van der Waals surface area contributed by atoms with Crippen molar-refractivity contribution in [3.8, 4) is 5.75 Å². The van der Waals surface area contributed by atoms with Gasteiger partial charge in [0.1, 0.15) is 11.6 Å². The molecule has 0 saturated carbocycles. The van der Waals surface area contributed by atoms with Gasteiger partial charge in [0.15, 0.2) is 5.78 Å². The number of carbonyl (C=O) groups excluding carboxylic acids is 1. The Morgan fingerprint density at radius 3 is 2.34 bits per heavy atom. The van der Waals surface area contributed by atoms with E-state index in [1.54, 1.807) is 19.2 Å². The molecular weight excluding hydrogens is 403 g/mol. The summed E-state index contributed by atoms with van der Waals surface area (Å²) in [5.41, 5.74) is 6.64. The molecule has 1 heterocycles. The van der Waals surface area contributed by atoms with Crippen LogP contribution in [0.1, 0.15) is 41.5 Å². The molecule has 2 atom stereocenters. The van der Waals surface area contributed by atoms with E-state index in [0.29, 0.717) is 6.42 Å². The minimum Gasteiger partial charge on any atom is -0.497 e. The van der Waals surface area contributed by atoms with Crippen LogP contribution in [0, 0.1) is 12.7 Å². The van der Waals surface area contributed by atoms with Crippen LogP contribution in [0.3, 0.4) is 0 Å². The number of ether oxygens (including phenoxy) is 1. The number of hydrogen-bond donors (Lipinski definition) is 2. The highest BCUT2D eigenvalue weighted by Gasteiger charge is 2.36. The molecule has 2 aliphatic rings. The summed E-state index contributed by atoms with van der Waals surface area (Å²) in [7, 11) is 1.65. The molecule has 5 heteroatoms. The monoisotopic (exact) mass is 428 g/mol. The summed E-state index contributed by atoms with van der Waals surface area (Å²) in [5.74, 6) is 0.695. The van der Waals surface area contributed by atoms with E-state index in [4.69, 9.17) is 4.74 Å². The first-order valence-electron chi connectivity index (χ1n) is 10.8. The van der Waals surface area contributed by atoms with E-state index in [9.17, 15) is 9.18 Å². The molecular formula is C27H25FN2O2. The van der Waals surface area contributed by atoms with Crippen molar-refractivity contribution in [2.24, 2.45) is 0 Å². The highest BCUT2D eigenvalue weighted by Crippen LogP contribution is 2.44. The number of fused-ring (bicyclic) bond motifs is 1. The molecule has 0 spiro atoms. The Labute approximate surface area is 187 Å². The number of allylic oxidation sites excluding steroid dienone is 1. The van der Waals surface area contributed by atoms with Crippen molar-refractivity contribution >= 4 is 17.2 Å². The molecule has 162 valence electrons. The number of ketones is 1. The van der Waals surface area contributed by atoms with Gasteiger partial charge in [-0.3, -0.25) is 4.79 Å². The predicted molar refractivity (Wildman–Crippen MR) is 125 cm³/mol. The van der Waals surface area contributed by atoms with Crippen LogP contribution in [0.15, 0.2) is 78.0 Å². The Balaban J connectivity index is 1.58. The van der Waals surface area contributed by atoms with E-state index in [-0.39, 0.29) is 23.6 Å². The van der Waals surface area contributed by atoms with E-state index in [0.717, 1.165) is 51.5 Å². The van der Waals surface area contributed by atoms with Crippen molar-refractivity contribution < 1.29 is 13.9 Å². The first-order chi connectivity index (χ1) is 15.5. The maximum absolute atomic E-state index is 13.6. The average Bonchev–Trinajstić information content (AvgIpc) is 2.96. The third kappa shape index (κ3) is 3.75. The van der Waals surface area contributed by atoms with E-state index in [1.165, 1.54) is 12.1 Å². The SMILES string of the molecule is COc1ccc([C@H]2CC(=O)C3=C(C2)Nc2ccc(C)cc2N[C@H]3c2ccc(F)cc2)cc1. The molecule has 2 N–H and O–H groups in total. The third-order valence-corrected chi connectivity index (χ3v) is 6.35. The van der Waals surface area contributed by atoms with E-state index in [1.807, 2.05) is 37.3 Å². The van der Waals surface area contributed by atoms with E-state index in [2.05, 4.69) is 22.8 Å². The zero-order valence-electron chi connectivity index (χ0n) is 18.1. The van der Waals surface area contributed by atoms with Crippen LogP contribution >= 0.6 is 0 Å². The Hall–Kier alpha value is -3.60. The first-order valence-corrected chi connectivity index (χ1v) is 10.8. The summed E-state index contributed by atoms with van der Waals surface area (Å²) >= 11 is 0. The standard InChI is InChI=1S/C27H25FN2O2/c1-16-3-12-22-23(13-16)30-27(18-4-8-20(28)9-5-18)26-24(29-22)14-19(15-25(26)31)17-6-10-21(32-2)11-7-17/h3-13,19,27,29-30H,14-15H2,1-2H3/t19-,27+/m1/s1. The number of anilines is 2. The van der Waals surface area contributed by atoms with E-state index >= 15 is 0 Å². The minimum absolute atomic E-state index is 0.0838. The van der Waals surface area contributed by atoms with Crippen molar-refractivity contribution in [2.75, 3.05) is 17.7 Å². The van der Waals surface area contributed by atoms with Gasteiger partial charge in [-0.1, -0.05) is 30.3 Å². The summed E-state index contributed by atoms with van der Waals surface area (Å²) < 4.78 is 18.9. The summed E-state index contributed by atoms with van der Waals surface area (Å²) in [4.78, 5) is 13.5. The Morgan fingerprint density at radius 1 is 0.906 bits per heavy atom. The maximum Gasteiger partial charge on any atom is 0.163 e. The smallest absolute Gasteiger partial charge is 0.163 e. The van der Waals surface area contributed by atoms with Crippen molar-refractivity contribution in [3.63, 3.8) is 0 Å². The van der Waals surface area contributed by atoms with Gasteiger partial charge < -0.3 is 15.4 Å². The number of Topliss-reactive ketones (excluding diaryl/α,β-unsaturated/α-hetero) is 1. The summed E-state index contributed by atoms with van der Waals surface area (Å²) in [6.45, 7) is 2.04. The Morgan fingerprint density at radius 2 is 1.62 bits per heavy atom. The molecule has 3 aromatic carbocycles. The first kappa shape index (κ1) is 20.3. The molecule has 0 bridgehead atoms. The highest BCUT2D eigenvalue weighted by molar-refractivity contribution is 6.01. The van der Waals surface area contributed by atoms with Crippen LogP contribution in [0.2, 0.25) is 0 Å². The number of hydrogen-bond acceptors (Lipinski definition) is 4. The number of methoxy groups -OCH3 is 1. The van der Waals surface area contributed by atoms with Gasteiger partial charge in [0.05, 0.1) is 24.5 Å². The van der Waals surface area contributed by atoms with Crippen LogP contribution in [-0.4, -0.2) is 12.9 Å². The topological polar surface area (TPSA) is 50.4 Å². The van der Waals surface area contributed by atoms with Crippen molar-refractivity contribution in [2.45, 2.75) is 31.7 Å². The predicted octanol–water partition coefficient (Wildman–Crippen LogP) is 6.12. The van der Waals surface area contributed by atoms with Gasteiger partial charge in [0.25, 0.3) is 0 Å². The van der Waals surface area contributed by atoms with Gasteiger partial charge in [-0.05, 0) is 72.4 Å². The molecule has 0 fully saturated rings. The summed E-state index contributed by atoms with van der Waals surface area (Å²) in [5, 5.41) is 7.11. The number of rotatable bonds is 3. The number of aryl methyl sites for hydroxylation is 1. The normalized spacial score (nSPS) is 19.9. The lowest BCUT2D eigenvalue weighted by Crippen LogP contribution is -2.26. The molecule has 1 aliphatic heterocycles. The lowest BCUT2D eigenvalue weighted by Gasteiger charge is -2.30. The number of benzene rings is 3. The van der Waals surface area contributed by atoms with Crippen LogP contribution in [-0.2, 0) is 4.79 Å². The fourth-order valence-electron chi connectivity index (χ4n) is 4.68. The zero-order chi connectivity index (χ0) is 22.2. The second-order valence-corrected chi connectivity index (χ2v) is 8.50. The number of carbonyl (C=O) groups is 1. The van der Waals surface area contributed by atoms with Crippen molar-refractivity contribution in [3.05, 3.63) is 101 Å². The molecule has 0 saturated heterocycles. The largest absolute Gasteiger partial charge is 0.497 e. The third-order valence-electron chi connectivity index (χ3n) is 6.35. The Kier molecular flexibility index (Phi) is 5.17. The Bertz CT molecular complexity index is 1200.